The first-order chi connectivity index (χ1) is 9.09. The van der Waals surface area contributed by atoms with Crippen molar-refractivity contribution in [2.24, 2.45) is 0 Å². The topological polar surface area (TPSA) is 86.5 Å². The van der Waals surface area contributed by atoms with E-state index >= 15 is 0 Å². The number of hydrogen-bond acceptors (Lipinski definition) is 5. The Bertz CT molecular complexity index is 527. The Balaban J connectivity index is 2.01. The normalized spacial score (nSPS) is 17.9. The van der Waals surface area contributed by atoms with Crippen molar-refractivity contribution in [2.45, 2.75) is 49.8 Å². The Kier molecular flexibility index (Phi) is 4.32. The molecule has 0 aromatic carbocycles. The van der Waals surface area contributed by atoms with Gasteiger partial charge in [-0.05, 0) is 32.7 Å². The summed E-state index contributed by atoms with van der Waals surface area (Å²) in [6.07, 6.45) is 3.06. The monoisotopic (exact) mass is 281 g/mol. The maximum absolute atomic E-state index is 11.6. The zero-order valence-electron chi connectivity index (χ0n) is 11.3. The number of rotatable bonds is 7. The first-order valence-electron chi connectivity index (χ1n) is 6.55. The van der Waals surface area contributed by atoms with Crippen molar-refractivity contribution in [3.63, 3.8) is 0 Å². The van der Waals surface area contributed by atoms with Gasteiger partial charge in [0.05, 0.1) is 6.07 Å². The Labute approximate surface area is 116 Å². The molecule has 104 valence electrons. The molecule has 1 saturated carbocycles. The molecule has 19 heavy (non-hydrogen) atoms. The third-order valence-electron chi connectivity index (χ3n) is 3.09. The second-order valence-electron chi connectivity index (χ2n) is 5.07. The molecule has 0 aliphatic heterocycles. The van der Waals surface area contributed by atoms with Crippen LogP contribution in [0.3, 0.4) is 0 Å². The maximum Gasteiger partial charge on any atom is 0.344 e. The Morgan fingerprint density at radius 2 is 2.42 bits per heavy atom. The maximum atomic E-state index is 11.6. The first-order valence-corrected chi connectivity index (χ1v) is 7.54. The summed E-state index contributed by atoms with van der Waals surface area (Å²) in [6, 6.07) is 2.59. The lowest BCUT2D eigenvalue weighted by Gasteiger charge is -2.22. The molecule has 1 aliphatic rings. The number of thioether (sulfide) groups is 1. The fourth-order valence-corrected chi connectivity index (χ4v) is 2.85. The van der Waals surface area contributed by atoms with Gasteiger partial charge in [-0.3, -0.25) is 9.88 Å². The van der Waals surface area contributed by atoms with Crippen molar-refractivity contribution in [1.29, 1.82) is 5.26 Å². The summed E-state index contributed by atoms with van der Waals surface area (Å²) in [5.74, 6) is 0.570. The average Bonchev–Trinajstić information content (AvgIpc) is 3.18. The van der Waals surface area contributed by atoms with Crippen LogP contribution in [0.2, 0.25) is 0 Å². The minimum absolute atomic E-state index is 0.148. The van der Waals surface area contributed by atoms with Crippen LogP contribution < -0.4 is 11.0 Å². The molecule has 7 heteroatoms. The predicted octanol–water partition coefficient (Wildman–Crippen LogP) is 1.28. The molecule has 1 aromatic rings. The number of aromatic nitrogens is 3. The molecule has 2 rings (SSSR count). The summed E-state index contributed by atoms with van der Waals surface area (Å²) in [4.78, 5) is 11.6. The summed E-state index contributed by atoms with van der Waals surface area (Å²) < 4.78 is 1.71. The van der Waals surface area contributed by atoms with Gasteiger partial charge in [0.25, 0.3) is 0 Å². The van der Waals surface area contributed by atoms with Crippen LogP contribution in [-0.2, 0) is 0 Å². The molecule has 1 heterocycles. The van der Waals surface area contributed by atoms with Gasteiger partial charge in [-0.1, -0.05) is 18.7 Å². The zero-order valence-corrected chi connectivity index (χ0v) is 12.1. The van der Waals surface area contributed by atoms with Crippen LogP contribution in [0.1, 0.15) is 39.2 Å². The second kappa shape index (κ2) is 5.80. The Morgan fingerprint density at radius 1 is 1.68 bits per heavy atom. The molecule has 0 amide bonds. The van der Waals surface area contributed by atoms with Gasteiger partial charge < -0.3 is 0 Å². The summed E-state index contributed by atoms with van der Waals surface area (Å²) in [6.45, 7) is 4.75. The van der Waals surface area contributed by atoms with E-state index < -0.39 is 5.54 Å². The standard InChI is InChI=1S/C12H19N5OS/c1-3-6-14-12(2,7-13)8-19-11-16-15-10(18)17(11)9-4-5-9/h9,14H,3-6,8H2,1-2H3,(H,15,18). The molecular formula is C12H19N5OS. The van der Waals surface area contributed by atoms with E-state index in [0.717, 1.165) is 25.8 Å². The van der Waals surface area contributed by atoms with Gasteiger partial charge in [-0.2, -0.15) is 5.26 Å². The molecule has 2 N–H and O–H groups in total. The molecule has 1 aliphatic carbocycles. The van der Waals surface area contributed by atoms with Crippen LogP contribution in [0.5, 0.6) is 0 Å². The van der Waals surface area contributed by atoms with E-state index in [4.69, 9.17) is 0 Å². The van der Waals surface area contributed by atoms with Gasteiger partial charge in [0.1, 0.15) is 5.54 Å². The number of nitrogens with zero attached hydrogens (tertiary/aromatic N) is 3. The molecule has 0 radical (unpaired) electrons. The third kappa shape index (κ3) is 3.39. The molecule has 0 bridgehead atoms. The minimum atomic E-state index is -0.593. The van der Waals surface area contributed by atoms with Gasteiger partial charge in [0.15, 0.2) is 5.16 Å². The van der Waals surface area contributed by atoms with Crippen molar-refractivity contribution in [3.8, 4) is 6.07 Å². The smallest absolute Gasteiger partial charge is 0.299 e. The van der Waals surface area contributed by atoms with E-state index in [9.17, 15) is 10.1 Å². The van der Waals surface area contributed by atoms with E-state index in [2.05, 4.69) is 28.5 Å². The SMILES string of the molecule is CCCNC(C)(C#N)CSc1n[nH]c(=O)n1C1CC1. The quantitative estimate of drug-likeness (QED) is 0.735. The third-order valence-corrected chi connectivity index (χ3v) is 4.35. The van der Waals surface area contributed by atoms with Crippen LogP contribution in [0.25, 0.3) is 0 Å². The molecule has 1 unspecified atom stereocenters. The number of aromatic amines is 1. The van der Waals surface area contributed by atoms with E-state index in [0.29, 0.717) is 17.0 Å². The Hall–Kier alpha value is -1.26. The molecule has 6 nitrogen and oxygen atoms in total. The zero-order chi connectivity index (χ0) is 13.9. The average molecular weight is 281 g/mol. The van der Waals surface area contributed by atoms with Gasteiger partial charge in [-0.15, -0.1) is 5.10 Å². The van der Waals surface area contributed by atoms with Crippen molar-refractivity contribution < 1.29 is 0 Å². The molecular weight excluding hydrogens is 262 g/mol. The van der Waals surface area contributed by atoms with Crippen molar-refractivity contribution in [2.75, 3.05) is 12.3 Å². The van der Waals surface area contributed by atoms with Gasteiger partial charge in [0.2, 0.25) is 0 Å². The molecule has 0 spiro atoms. The fraction of sp³-hybridized carbons (Fsp3) is 0.750. The summed E-state index contributed by atoms with van der Waals surface area (Å²) in [5.41, 5.74) is -0.741. The molecule has 1 fully saturated rings. The highest BCUT2D eigenvalue weighted by molar-refractivity contribution is 7.99. The summed E-state index contributed by atoms with van der Waals surface area (Å²) in [5, 5.41) is 19.7. The highest BCUT2D eigenvalue weighted by Crippen LogP contribution is 2.36. The van der Waals surface area contributed by atoms with E-state index in [-0.39, 0.29) is 5.69 Å². The van der Waals surface area contributed by atoms with Crippen LogP contribution in [0.4, 0.5) is 0 Å². The van der Waals surface area contributed by atoms with Gasteiger partial charge >= 0.3 is 5.69 Å². The lowest BCUT2D eigenvalue weighted by atomic mass is 10.1. The molecule has 0 saturated heterocycles. The highest BCUT2D eigenvalue weighted by atomic mass is 32.2. The number of H-pyrrole nitrogens is 1. The number of hydrogen-bond donors (Lipinski definition) is 2. The van der Waals surface area contributed by atoms with Crippen LogP contribution >= 0.6 is 11.8 Å². The van der Waals surface area contributed by atoms with Crippen molar-refractivity contribution >= 4 is 11.8 Å². The van der Waals surface area contributed by atoms with Crippen LogP contribution in [0.15, 0.2) is 9.95 Å². The largest absolute Gasteiger partial charge is 0.344 e. The van der Waals surface area contributed by atoms with Gasteiger partial charge in [-0.25, -0.2) is 9.89 Å². The van der Waals surface area contributed by atoms with E-state index in [1.54, 1.807) is 4.57 Å². The lowest BCUT2D eigenvalue weighted by molar-refractivity contribution is 0.492. The predicted molar refractivity (Wildman–Crippen MR) is 74.2 cm³/mol. The highest BCUT2D eigenvalue weighted by Gasteiger charge is 2.30. The second-order valence-corrected chi connectivity index (χ2v) is 6.01. The van der Waals surface area contributed by atoms with E-state index in [1.165, 1.54) is 11.8 Å². The van der Waals surface area contributed by atoms with Crippen LogP contribution in [-0.4, -0.2) is 32.6 Å². The van der Waals surface area contributed by atoms with Gasteiger partial charge in [0, 0.05) is 11.8 Å². The van der Waals surface area contributed by atoms with Crippen molar-refractivity contribution in [3.05, 3.63) is 10.5 Å². The first kappa shape index (κ1) is 14.2. The van der Waals surface area contributed by atoms with E-state index in [1.807, 2.05) is 6.92 Å². The van der Waals surface area contributed by atoms with Crippen molar-refractivity contribution in [1.82, 2.24) is 20.1 Å². The minimum Gasteiger partial charge on any atom is -0.299 e. The molecule has 1 aromatic heterocycles. The van der Waals surface area contributed by atoms with Crippen LogP contribution in [0, 0.1) is 11.3 Å². The summed E-state index contributed by atoms with van der Waals surface area (Å²) in [7, 11) is 0. The number of nitrogens with one attached hydrogen (secondary N) is 2. The fourth-order valence-electron chi connectivity index (χ4n) is 1.78. The summed E-state index contributed by atoms with van der Waals surface area (Å²) >= 11 is 1.45. The number of nitriles is 1. The Morgan fingerprint density at radius 3 is 3.00 bits per heavy atom. The lowest BCUT2D eigenvalue weighted by Crippen LogP contribution is -2.43. The molecule has 1 atom stereocenters.